The van der Waals surface area contributed by atoms with Gasteiger partial charge < -0.3 is 10.2 Å². The van der Waals surface area contributed by atoms with Crippen molar-refractivity contribution < 1.29 is 4.79 Å². The second-order valence-electron chi connectivity index (χ2n) is 5.83. The van der Waals surface area contributed by atoms with Crippen molar-refractivity contribution in [3.63, 3.8) is 0 Å². The molecule has 108 valence electrons. The molecule has 1 amide bonds. The van der Waals surface area contributed by atoms with Crippen molar-refractivity contribution >= 4 is 5.91 Å². The fourth-order valence-electron chi connectivity index (χ4n) is 3.40. The molecule has 1 N–H and O–H groups in total. The topological polar surface area (TPSA) is 45.2 Å². The van der Waals surface area contributed by atoms with Crippen LogP contribution < -0.4 is 5.32 Å². The van der Waals surface area contributed by atoms with E-state index >= 15 is 0 Å². The zero-order valence-electron chi connectivity index (χ0n) is 11.9. The van der Waals surface area contributed by atoms with Crippen molar-refractivity contribution in [2.45, 2.75) is 50.6 Å². The van der Waals surface area contributed by atoms with Crippen molar-refractivity contribution in [1.29, 1.82) is 0 Å². The van der Waals surface area contributed by atoms with Gasteiger partial charge in [-0.25, -0.2) is 0 Å². The molecule has 4 nitrogen and oxygen atoms in total. The Balaban J connectivity index is 1.73. The predicted molar refractivity (Wildman–Crippen MR) is 78.2 cm³/mol. The summed E-state index contributed by atoms with van der Waals surface area (Å²) >= 11 is 0. The standard InChI is InChI=1S/C16H23N3O/c20-16(14-5-2-1-3-9-18-14)19-12-4-6-15(19)13-7-10-17-11-8-13/h7-8,10-11,14-15,18H,1-6,9,12H2. The maximum atomic E-state index is 12.8. The number of likely N-dealkylation sites (tertiary alicyclic amines) is 1. The van der Waals surface area contributed by atoms with E-state index in [4.69, 9.17) is 0 Å². The molecule has 0 saturated carbocycles. The fraction of sp³-hybridized carbons (Fsp3) is 0.625. The summed E-state index contributed by atoms with van der Waals surface area (Å²) < 4.78 is 0. The molecule has 0 radical (unpaired) electrons. The minimum absolute atomic E-state index is 0.0277. The molecule has 2 aliphatic rings. The SMILES string of the molecule is O=C(C1CCCCCN1)N1CCCC1c1ccncc1. The van der Waals surface area contributed by atoms with E-state index in [0.717, 1.165) is 38.8 Å². The van der Waals surface area contributed by atoms with Crippen molar-refractivity contribution in [2.24, 2.45) is 0 Å². The Morgan fingerprint density at radius 1 is 1.15 bits per heavy atom. The van der Waals surface area contributed by atoms with Gasteiger partial charge in [-0.3, -0.25) is 9.78 Å². The summed E-state index contributed by atoms with van der Waals surface area (Å²) in [6.07, 6.45) is 10.4. The highest BCUT2D eigenvalue weighted by Crippen LogP contribution is 2.32. The summed E-state index contributed by atoms with van der Waals surface area (Å²) in [6, 6.07) is 4.35. The third-order valence-corrected chi connectivity index (χ3v) is 4.49. The number of pyridine rings is 1. The lowest BCUT2D eigenvalue weighted by molar-refractivity contribution is -0.134. The summed E-state index contributed by atoms with van der Waals surface area (Å²) in [6.45, 7) is 1.87. The molecule has 2 saturated heterocycles. The number of amides is 1. The van der Waals surface area contributed by atoms with Crippen LogP contribution >= 0.6 is 0 Å². The van der Waals surface area contributed by atoms with E-state index < -0.39 is 0 Å². The van der Waals surface area contributed by atoms with Gasteiger partial charge in [0.1, 0.15) is 0 Å². The highest BCUT2D eigenvalue weighted by atomic mass is 16.2. The lowest BCUT2D eigenvalue weighted by Gasteiger charge is -2.29. The molecular weight excluding hydrogens is 250 g/mol. The van der Waals surface area contributed by atoms with Crippen LogP contribution in [-0.4, -0.2) is 34.9 Å². The highest BCUT2D eigenvalue weighted by molar-refractivity contribution is 5.82. The van der Waals surface area contributed by atoms with E-state index in [1.165, 1.54) is 18.4 Å². The maximum absolute atomic E-state index is 12.8. The molecule has 20 heavy (non-hydrogen) atoms. The minimum Gasteiger partial charge on any atom is -0.334 e. The van der Waals surface area contributed by atoms with Gasteiger partial charge in [0, 0.05) is 18.9 Å². The lowest BCUT2D eigenvalue weighted by atomic mass is 10.0. The van der Waals surface area contributed by atoms with Crippen molar-refractivity contribution in [1.82, 2.24) is 15.2 Å². The zero-order valence-corrected chi connectivity index (χ0v) is 11.9. The van der Waals surface area contributed by atoms with Gasteiger partial charge in [-0.15, -0.1) is 0 Å². The summed E-state index contributed by atoms with van der Waals surface area (Å²) in [7, 11) is 0. The molecule has 1 aromatic heterocycles. The molecule has 4 heteroatoms. The molecule has 0 aliphatic carbocycles. The average molecular weight is 273 g/mol. The Kier molecular flexibility index (Phi) is 4.31. The van der Waals surface area contributed by atoms with Gasteiger partial charge in [0.2, 0.25) is 5.91 Å². The summed E-state index contributed by atoms with van der Waals surface area (Å²) in [5, 5.41) is 3.43. The van der Waals surface area contributed by atoms with E-state index in [-0.39, 0.29) is 12.1 Å². The largest absolute Gasteiger partial charge is 0.334 e. The molecular formula is C16H23N3O. The van der Waals surface area contributed by atoms with Gasteiger partial charge in [0.05, 0.1) is 12.1 Å². The predicted octanol–water partition coefficient (Wildman–Crippen LogP) is 2.28. The number of nitrogens with zero attached hydrogens (tertiary/aromatic N) is 2. The van der Waals surface area contributed by atoms with Crippen molar-refractivity contribution in [2.75, 3.05) is 13.1 Å². The number of hydrogen-bond acceptors (Lipinski definition) is 3. The third-order valence-electron chi connectivity index (χ3n) is 4.49. The van der Waals surface area contributed by atoms with Gasteiger partial charge in [0.15, 0.2) is 0 Å². The molecule has 2 aliphatic heterocycles. The van der Waals surface area contributed by atoms with Crippen molar-refractivity contribution in [3.8, 4) is 0 Å². The quantitative estimate of drug-likeness (QED) is 0.899. The minimum atomic E-state index is 0.0277. The van der Waals surface area contributed by atoms with Gasteiger partial charge in [-0.05, 0) is 49.9 Å². The Morgan fingerprint density at radius 2 is 2.00 bits per heavy atom. The Bertz CT molecular complexity index is 440. The first-order valence-corrected chi connectivity index (χ1v) is 7.80. The first-order chi connectivity index (χ1) is 9.86. The van der Waals surface area contributed by atoms with E-state index in [1.54, 1.807) is 0 Å². The molecule has 3 rings (SSSR count). The first kappa shape index (κ1) is 13.6. The van der Waals surface area contributed by atoms with Crippen LogP contribution in [0.15, 0.2) is 24.5 Å². The van der Waals surface area contributed by atoms with Gasteiger partial charge in [-0.2, -0.15) is 0 Å². The molecule has 0 aromatic carbocycles. The molecule has 2 atom stereocenters. The fourth-order valence-corrected chi connectivity index (χ4v) is 3.40. The maximum Gasteiger partial charge on any atom is 0.240 e. The van der Waals surface area contributed by atoms with Crippen LogP contribution in [0.25, 0.3) is 0 Å². The number of rotatable bonds is 2. The Morgan fingerprint density at radius 3 is 2.85 bits per heavy atom. The molecule has 0 bridgehead atoms. The molecule has 2 unspecified atom stereocenters. The van der Waals surface area contributed by atoms with Crippen LogP contribution in [0.4, 0.5) is 0 Å². The highest BCUT2D eigenvalue weighted by Gasteiger charge is 2.33. The van der Waals surface area contributed by atoms with E-state index in [9.17, 15) is 4.79 Å². The molecule has 0 spiro atoms. The summed E-state index contributed by atoms with van der Waals surface area (Å²) in [5.41, 5.74) is 1.22. The number of nitrogens with one attached hydrogen (secondary N) is 1. The Labute approximate surface area is 120 Å². The Hall–Kier alpha value is -1.42. The number of aromatic nitrogens is 1. The summed E-state index contributed by atoms with van der Waals surface area (Å²) in [4.78, 5) is 18.9. The average Bonchev–Trinajstić information content (AvgIpc) is 2.82. The second-order valence-corrected chi connectivity index (χ2v) is 5.83. The summed E-state index contributed by atoms with van der Waals surface area (Å²) in [5.74, 6) is 0.297. The monoisotopic (exact) mass is 273 g/mol. The van der Waals surface area contributed by atoms with Gasteiger partial charge in [-0.1, -0.05) is 12.8 Å². The first-order valence-electron chi connectivity index (χ1n) is 7.80. The number of carbonyl (C=O) groups is 1. The van der Waals surface area contributed by atoms with Gasteiger partial charge in [0.25, 0.3) is 0 Å². The van der Waals surface area contributed by atoms with Crippen LogP contribution in [0.2, 0.25) is 0 Å². The normalized spacial score (nSPS) is 27.3. The third kappa shape index (κ3) is 2.85. The smallest absolute Gasteiger partial charge is 0.240 e. The number of hydrogen-bond donors (Lipinski definition) is 1. The van der Waals surface area contributed by atoms with Crippen LogP contribution in [0.5, 0.6) is 0 Å². The van der Waals surface area contributed by atoms with Crippen LogP contribution in [-0.2, 0) is 4.79 Å². The second kappa shape index (κ2) is 6.35. The van der Waals surface area contributed by atoms with Crippen LogP contribution in [0.1, 0.15) is 50.1 Å². The molecule has 1 aromatic rings. The van der Waals surface area contributed by atoms with E-state index in [0.29, 0.717) is 5.91 Å². The van der Waals surface area contributed by atoms with Crippen LogP contribution in [0, 0.1) is 0 Å². The number of carbonyl (C=O) groups excluding carboxylic acids is 1. The van der Waals surface area contributed by atoms with Crippen LogP contribution in [0.3, 0.4) is 0 Å². The van der Waals surface area contributed by atoms with E-state index in [2.05, 4.69) is 15.2 Å². The zero-order chi connectivity index (χ0) is 13.8. The van der Waals surface area contributed by atoms with E-state index in [1.807, 2.05) is 24.5 Å². The molecule has 2 fully saturated rings. The van der Waals surface area contributed by atoms with Gasteiger partial charge >= 0.3 is 0 Å². The molecule has 3 heterocycles. The van der Waals surface area contributed by atoms with Crippen molar-refractivity contribution in [3.05, 3.63) is 30.1 Å². The lowest BCUT2D eigenvalue weighted by Crippen LogP contribution is -2.45.